The number of amides is 1. The summed E-state index contributed by atoms with van der Waals surface area (Å²) in [5, 5.41) is 11.2. The number of aromatic nitrogens is 3. The van der Waals surface area contributed by atoms with Gasteiger partial charge in [0.05, 0.1) is 0 Å². The smallest absolute Gasteiger partial charge is 0.276 e. The van der Waals surface area contributed by atoms with Crippen LogP contribution in [0.2, 0.25) is 0 Å². The van der Waals surface area contributed by atoms with E-state index in [0.29, 0.717) is 29.0 Å². The van der Waals surface area contributed by atoms with Gasteiger partial charge in [-0.3, -0.25) is 9.78 Å². The van der Waals surface area contributed by atoms with E-state index in [-0.39, 0.29) is 5.91 Å². The van der Waals surface area contributed by atoms with Crippen LogP contribution in [0.3, 0.4) is 0 Å². The first kappa shape index (κ1) is 16.2. The molecule has 3 aromatic rings. The van der Waals surface area contributed by atoms with E-state index in [1.54, 1.807) is 12.3 Å². The molecule has 7 heteroatoms. The van der Waals surface area contributed by atoms with E-state index >= 15 is 0 Å². The van der Waals surface area contributed by atoms with Gasteiger partial charge in [0.15, 0.2) is 0 Å². The second kappa shape index (κ2) is 7.74. The second-order valence-corrected chi connectivity index (χ2v) is 6.15. The van der Waals surface area contributed by atoms with E-state index in [1.165, 1.54) is 11.8 Å². The van der Waals surface area contributed by atoms with Gasteiger partial charge in [-0.25, -0.2) is 0 Å². The Morgan fingerprint density at radius 1 is 1.21 bits per heavy atom. The highest BCUT2D eigenvalue weighted by atomic mass is 32.2. The Morgan fingerprint density at radius 2 is 2.12 bits per heavy atom. The lowest BCUT2D eigenvalue weighted by atomic mass is 10.2. The zero-order chi connectivity index (χ0) is 16.8. The molecule has 0 aliphatic carbocycles. The Balaban J connectivity index is 1.48. The maximum Gasteiger partial charge on any atom is 0.276 e. The number of anilines is 1. The van der Waals surface area contributed by atoms with E-state index in [9.17, 15) is 4.79 Å². The van der Waals surface area contributed by atoms with Gasteiger partial charge in [0.2, 0.25) is 5.91 Å². The van der Waals surface area contributed by atoms with Crippen molar-refractivity contribution in [1.82, 2.24) is 15.2 Å². The maximum atomic E-state index is 11.9. The molecule has 0 spiro atoms. The van der Waals surface area contributed by atoms with Crippen molar-refractivity contribution in [2.75, 3.05) is 11.1 Å². The molecule has 0 aliphatic rings. The summed E-state index contributed by atoms with van der Waals surface area (Å²) >= 11 is 1.35. The first-order valence-corrected chi connectivity index (χ1v) is 8.43. The van der Waals surface area contributed by atoms with Crippen molar-refractivity contribution in [2.24, 2.45) is 0 Å². The van der Waals surface area contributed by atoms with E-state index in [2.05, 4.69) is 20.5 Å². The number of hydrogen-bond acceptors (Lipinski definition) is 6. The highest BCUT2D eigenvalue weighted by Crippen LogP contribution is 2.22. The third kappa shape index (κ3) is 4.42. The lowest BCUT2D eigenvalue weighted by Crippen LogP contribution is -2.12. The number of nitrogens with zero attached hydrogens (tertiary/aromatic N) is 3. The predicted molar refractivity (Wildman–Crippen MR) is 92.7 cm³/mol. The van der Waals surface area contributed by atoms with Crippen LogP contribution >= 0.6 is 11.8 Å². The van der Waals surface area contributed by atoms with Gasteiger partial charge in [-0.2, -0.15) is 0 Å². The number of benzene rings is 1. The molecule has 1 N–H and O–H groups in total. The molecule has 6 nitrogen and oxygen atoms in total. The van der Waals surface area contributed by atoms with Gasteiger partial charge in [0, 0.05) is 24.1 Å². The fourth-order valence-corrected chi connectivity index (χ4v) is 2.74. The molecule has 0 aliphatic heterocycles. The van der Waals surface area contributed by atoms with Gasteiger partial charge in [-0.1, -0.05) is 30.0 Å². The minimum atomic E-state index is -0.0439. The zero-order valence-corrected chi connectivity index (χ0v) is 13.9. The fourth-order valence-electron chi connectivity index (χ4n) is 2.04. The molecular weight excluding hydrogens is 324 g/mol. The summed E-state index contributed by atoms with van der Waals surface area (Å²) < 4.78 is 5.53. The lowest BCUT2D eigenvalue weighted by Gasteiger charge is -2.05. The van der Waals surface area contributed by atoms with Crippen LogP contribution in [0.1, 0.15) is 12.0 Å². The Bertz CT molecular complexity index is 820. The first-order chi connectivity index (χ1) is 11.7. The monoisotopic (exact) mass is 340 g/mol. The lowest BCUT2D eigenvalue weighted by molar-refractivity contribution is -0.115. The Labute approximate surface area is 143 Å². The van der Waals surface area contributed by atoms with Gasteiger partial charge < -0.3 is 9.73 Å². The normalized spacial score (nSPS) is 10.5. The Kier molecular flexibility index (Phi) is 5.22. The molecule has 2 aromatic heterocycles. The summed E-state index contributed by atoms with van der Waals surface area (Å²) in [5.74, 6) is 0.890. The van der Waals surface area contributed by atoms with Gasteiger partial charge in [0.25, 0.3) is 11.1 Å². The molecule has 0 saturated heterocycles. The second-order valence-electron chi connectivity index (χ2n) is 5.10. The number of rotatable bonds is 6. The molecule has 0 unspecified atom stereocenters. The number of nitrogens with one attached hydrogen (secondary N) is 1. The maximum absolute atomic E-state index is 11.9. The van der Waals surface area contributed by atoms with Crippen LogP contribution in [0.5, 0.6) is 0 Å². The minimum Gasteiger partial charge on any atom is -0.410 e. The number of pyridine rings is 1. The van der Waals surface area contributed by atoms with Crippen LogP contribution in [-0.4, -0.2) is 26.8 Å². The Morgan fingerprint density at radius 3 is 2.92 bits per heavy atom. The molecular formula is C17H16N4O2S. The van der Waals surface area contributed by atoms with Crippen molar-refractivity contribution in [3.8, 4) is 11.6 Å². The molecule has 0 bridgehead atoms. The first-order valence-electron chi connectivity index (χ1n) is 7.45. The van der Waals surface area contributed by atoms with E-state index < -0.39 is 0 Å². The number of carbonyl (C=O) groups is 1. The molecule has 0 saturated carbocycles. The van der Waals surface area contributed by atoms with E-state index in [1.807, 2.05) is 43.3 Å². The number of thioether (sulfide) groups is 1. The summed E-state index contributed by atoms with van der Waals surface area (Å²) in [6, 6.07) is 13.2. The number of carbonyl (C=O) groups excluding carboxylic acids is 1. The standard InChI is InChI=1S/C17H16N4O2S/c1-12-5-4-6-13(11-12)19-15(22)8-10-24-17-21-20-16(23-17)14-7-2-3-9-18-14/h2-7,9,11H,8,10H2,1H3,(H,19,22). The largest absolute Gasteiger partial charge is 0.410 e. The molecule has 1 amide bonds. The molecule has 3 rings (SSSR count). The van der Waals surface area contributed by atoms with Crippen molar-refractivity contribution in [2.45, 2.75) is 18.6 Å². The van der Waals surface area contributed by atoms with Gasteiger partial charge in [-0.05, 0) is 36.8 Å². The SMILES string of the molecule is Cc1cccc(NC(=O)CCSc2nnc(-c3ccccn3)o2)c1. The highest BCUT2D eigenvalue weighted by Gasteiger charge is 2.10. The number of hydrogen-bond donors (Lipinski definition) is 1. The fraction of sp³-hybridized carbons (Fsp3) is 0.176. The van der Waals surface area contributed by atoms with Gasteiger partial charge in [0.1, 0.15) is 5.69 Å². The van der Waals surface area contributed by atoms with E-state index in [0.717, 1.165) is 11.3 Å². The average molecular weight is 340 g/mol. The van der Waals surface area contributed by atoms with Crippen LogP contribution in [-0.2, 0) is 4.79 Å². The molecule has 0 fully saturated rings. The van der Waals surface area contributed by atoms with Gasteiger partial charge in [-0.15, -0.1) is 10.2 Å². The van der Waals surface area contributed by atoms with Crippen molar-refractivity contribution in [3.05, 3.63) is 54.2 Å². The predicted octanol–water partition coefficient (Wildman–Crippen LogP) is 3.56. The van der Waals surface area contributed by atoms with Crippen molar-refractivity contribution in [3.63, 3.8) is 0 Å². The molecule has 122 valence electrons. The molecule has 0 atom stereocenters. The molecule has 0 radical (unpaired) electrons. The summed E-state index contributed by atoms with van der Waals surface area (Å²) in [5.41, 5.74) is 2.55. The molecule has 2 heterocycles. The van der Waals surface area contributed by atoms with Crippen LogP contribution < -0.4 is 5.32 Å². The van der Waals surface area contributed by atoms with Crippen LogP contribution in [0, 0.1) is 6.92 Å². The molecule has 1 aromatic carbocycles. The quantitative estimate of drug-likeness (QED) is 0.691. The zero-order valence-electron chi connectivity index (χ0n) is 13.1. The van der Waals surface area contributed by atoms with E-state index in [4.69, 9.17) is 4.42 Å². The molecule has 24 heavy (non-hydrogen) atoms. The van der Waals surface area contributed by atoms with Crippen molar-refractivity contribution in [1.29, 1.82) is 0 Å². The van der Waals surface area contributed by atoms with Crippen LogP contribution in [0.25, 0.3) is 11.6 Å². The summed E-state index contributed by atoms with van der Waals surface area (Å²) in [4.78, 5) is 16.1. The topological polar surface area (TPSA) is 80.9 Å². The van der Waals surface area contributed by atoms with Crippen LogP contribution in [0.15, 0.2) is 58.3 Å². The third-order valence-electron chi connectivity index (χ3n) is 3.15. The summed E-state index contributed by atoms with van der Waals surface area (Å²) in [6.07, 6.45) is 2.03. The minimum absolute atomic E-state index is 0.0439. The van der Waals surface area contributed by atoms with Crippen molar-refractivity contribution >= 4 is 23.4 Å². The van der Waals surface area contributed by atoms with Crippen molar-refractivity contribution < 1.29 is 9.21 Å². The third-order valence-corrected chi connectivity index (χ3v) is 3.97. The number of aryl methyl sites for hydroxylation is 1. The van der Waals surface area contributed by atoms with Crippen LogP contribution in [0.4, 0.5) is 5.69 Å². The summed E-state index contributed by atoms with van der Waals surface area (Å²) in [7, 11) is 0. The summed E-state index contributed by atoms with van der Waals surface area (Å²) in [6.45, 7) is 1.99. The van der Waals surface area contributed by atoms with Gasteiger partial charge >= 0.3 is 0 Å². The average Bonchev–Trinajstić information content (AvgIpc) is 3.04. The Hall–Kier alpha value is -2.67. The highest BCUT2D eigenvalue weighted by molar-refractivity contribution is 7.99.